The molecule has 162 valence electrons. The fourth-order valence-corrected chi connectivity index (χ4v) is 3.55. The van der Waals surface area contributed by atoms with Gasteiger partial charge in [-0.2, -0.15) is 4.98 Å². The van der Waals surface area contributed by atoms with E-state index in [-0.39, 0.29) is 11.8 Å². The zero-order valence-corrected chi connectivity index (χ0v) is 17.8. The lowest BCUT2D eigenvalue weighted by Crippen LogP contribution is -2.44. The van der Waals surface area contributed by atoms with Crippen LogP contribution in [0.15, 0.2) is 41.2 Å². The van der Waals surface area contributed by atoms with E-state index >= 15 is 0 Å². The average molecular weight is 423 g/mol. The van der Waals surface area contributed by atoms with Crippen LogP contribution in [0.2, 0.25) is 0 Å². The van der Waals surface area contributed by atoms with Gasteiger partial charge in [0.25, 0.3) is 11.8 Å². The van der Waals surface area contributed by atoms with Crippen LogP contribution in [0, 0.1) is 6.92 Å². The van der Waals surface area contributed by atoms with Crippen molar-refractivity contribution in [2.24, 2.45) is 0 Å². The molecule has 9 heteroatoms. The molecule has 9 nitrogen and oxygen atoms in total. The highest BCUT2D eigenvalue weighted by Crippen LogP contribution is 2.28. The van der Waals surface area contributed by atoms with Gasteiger partial charge < -0.3 is 18.9 Å². The van der Waals surface area contributed by atoms with Crippen LogP contribution in [-0.4, -0.2) is 57.2 Å². The summed E-state index contributed by atoms with van der Waals surface area (Å²) in [5.41, 5.74) is 1.38. The molecule has 0 aliphatic carbocycles. The summed E-state index contributed by atoms with van der Waals surface area (Å²) in [5, 5.41) is 4.12. The van der Waals surface area contributed by atoms with Gasteiger partial charge in [-0.1, -0.05) is 11.2 Å². The molecule has 1 atom stereocenters. The van der Waals surface area contributed by atoms with Crippen LogP contribution in [0.5, 0.6) is 11.5 Å². The Balaban J connectivity index is 1.33. The molecular weight excluding hydrogens is 398 g/mol. The monoisotopic (exact) mass is 423 g/mol. The largest absolute Gasteiger partial charge is 0.497 e. The lowest BCUT2D eigenvalue weighted by atomic mass is 9.96. The highest BCUT2D eigenvalue weighted by molar-refractivity contribution is 5.81. The van der Waals surface area contributed by atoms with Crippen molar-refractivity contribution < 1.29 is 18.8 Å². The smallest absolute Gasteiger partial charge is 0.278 e. The van der Waals surface area contributed by atoms with Crippen LogP contribution in [0.3, 0.4) is 0 Å². The van der Waals surface area contributed by atoms with Gasteiger partial charge in [0.15, 0.2) is 11.9 Å². The number of amides is 1. The predicted octanol–water partition coefficient (Wildman–Crippen LogP) is 3.02. The van der Waals surface area contributed by atoms with Crippen molar-refractivity contribution in [1.29, 1.82) is 0 Å². The summed E-state index contributed by atoms with van der Waals surface area (Å²) in [7, 11) is 1.60. The molecule has 1 aliphatic heterocycles. The summed E-state index contributed by atoms with van der Waals surface area (Å²) in [6, 6.07) is 7.24. The number of nitrogens with zero attached hydrogens (tertiary/aromatic N) is 5. The molecule has 4 rings (SSSR count). The third-order valence-corrected chi connectivity index (χ3v) is 5.32. The number of piperidine rings is 1. The first kappa shape index (κ1) is 20.8. The summed E-state index contributed by atoms with van der Waals surface area (Å²) in [4.78, 5) is 27.6. The van der Waals surface area contributed by atoms with Crippen molar-refractivity contribution in [2.75, 3.05) is 20.2 Å². The number of likely N-dealkylation sites (tertiary alicyclic amines) is 1. The molecule has 0 saturated carbocycles. The van der Waals surface area contributed by atoms with Gasteiger partial charge in [-0.25, -0.2) is 4.98 Å². The van der Waals surface area contributed by atoms with Crippen molar-refractivity contribution >= 4 is 5.91 Å². The Bertz CT molecular complexity index is 1030. The molecule has 1 saturated heterocycles. The number of rotatable bonds is 6. The van der Waals surface area contributed by atoms with Crippen molar-refractivity contribution in [3.8, 4) is 23.1 Å². The Morgan fingerprint density at radius 3 is 2.68 bits per heavy atom. The van der Waals surface area contributed by atoms with Crippen LogP contribution in [0.1, 0.15) is 37.2 Å². The third-order valence-electron chi connectivity index (χ3n) is 5.32. The number of ether oxygens (including phenoxy) is 2. The molecule has 1 amide bonds. The summed E-state index contributed by atoms with van der Waals surface area (Å²) < 4.78 is 16.4. The number of methoxy groups -OCH3 is 1. The van der Waals surface area contributed by atoms with E-state index in [4.69, 9.17) is 14.0 Å². The SMILES string of the molecule is COc1cccc(O[C@@H](C)C(=O)N2CCC(c3noc(-c4cnc(C)cn4)n3)CC2)c1. The molecule has 3 heterocycles. The Hall–Kier alpha value is -3.49. The quantitative estimate of drug-likeness (QED) is 0.596. The first-order valence-corrected chi connectivity index (χ1v) is 10.3. The van der Waals surface area contributed by atoms with Gasteiger partial charge in [0.05, 0.1) is 19.0 Å². The van der Waals surface area contributed by atoms with E-state index in [2.05, 4.69) is 20.1 Å². The number of aromatic nitrogens is 4. The molecule has 0 N–H and O–H groups in total. The van der Waals surface area contributed by atoms with Gasteiger partial charge in [-0.15, -0.1) is 0 Å². The van der Waals surface area contributed by atoms with Crippen LogP contribution in [0.25, 0.3) is 11.6 Å². The predicted molar refractivity (Wildman–Crippen MR) is 112 cm³/mol. The molecule has 1 aliphatic rings. The molecule has 1 aromatic carbocycles. The van der Waals surface area contributed by atoms with Gasteiger partial charge in [-0.05, 0) is 38.8 Å². The summed E-state index contributed by atoms with van der Waals surface area (Å²) in [6.45, 7) is 4.86. The Morgan fingerprint density at radius 1 is 1.19 bits per heavy atom. The minimum Gasteiger partial charge on any atom is -0.497 e. The standard InChI is InChI=1S/C22H25N5O4/c1-14-12-24-19(13-23-14)21-25-20(26-31-21)16-7-9-27(10-8-16)22(28)15(2)30-18-6-4-5-17(11-18)29-3/h4-6,11-13,15-16H,7-10H2,1-3H3/t15-/m0/s1. The van der Waals surface area contributed by atoms with Gasteiger partial charge >= 0.3 is 0 Å². The topological polar surface area (TPSA) is 103 Å². The molecular formula is C22H25N5O4. The zero-order valence-electron chi connectivity index (χ0n) is 17.8. The Kier molecular flexibility index (Phi) is 6.11. The molecule has 31 heavy (non-hydrogen) atoms. The zero-order chi connectivity index (χ0) is 21.8. The van der Waals surface area contributed by atoms with Crippen LogP contribution in [0.4, 0.5) is 0 Å². The second kappa shape index (κ2) is 9.11. The highest BCUT2D eigenvalue weighted by atomic mass is 16.5. The van der Waals surface area contributed by atoms with Gasteiger partial charge in [0.2, 0.25) is 0 Å². The van der Waals surface area contributed by atoms with Crippen LogP contribution >= 0.6 is 0 Å². The number of benzene rings is 1. The molecule has 1 fully saturated rings. The van der Waals surface area contributed by atoms with E-state index in [0.717, 1.165) is 18.5 Å². The van der Waals surface area contributed by atoms with E-state index in [1.54, 1.807) is 32.5 Å². The number of hydrogen-bond acceptors (Lipinski definition) is 8. The number of carbonyl (C=O) groups excluding carboxylic acids is 1. The third kappa shape index (κ3) is 4.82. The maximum Gasteiger partial charge on any atom is 0.278 e. The maximum atomic E-state index is 12.8. The summed E-state index contributed by atoms with van der Waals surface area (Å²) >= 11 is 0. The normalized spacial score (nSPS) is 15.5. The van der Waals surface area contributed by atoms with Crippen molar-refractivity contribution in [3.05, 3.63) is 48.2 Å². The molecule has 0 unspecified atom stereocenters. The Morgan fingerprint density at radius 2 is 1.97 bits per heavy atom. The van der Waals surface area contributed by atoms with Crippen LogP contribution in [-0.2, 0) is 4.79 Å². The van der Waals surface area contributed by atoms with Gasteiger partial charge in [0.1, 0.15) is 17.2 Å². The van der Waals surface area contributed by atoms with E-state index in [1.165, 1.54) is 0 Å². The number of hydrogen-bond donors (Lipinski definition) is 0. The molecule has 3 aromatic rings. The van der Waals surface area contributed by atoms with Crippen molar-refractivity contribution in [2.45, 2.75) is 38.7 Å². The number of carbonyl (C=O) groups is 1. The average Bonchev–Trinajstić information content (AvgIpc) is 3.29. The minimum atomic E-state index is -0.583. The van der Waals surface area contributed by atoms with Crippen molar-refractivity contribution in [3.63, 3.8) is 0 Å². The summed E-state index contributed by atoms with van der Waals surface area (Å²) in [6.07, 6.45) is 4.22. The lowest BCUT2D eigenvalue weighted by molar-refractivity contribution is -0.139. The minimum absolute atomic E-state index is 0.0370. The fraction of sp³-hybridized carbons (Fsp3) is 0.409. The van der Waals surface area contributed by atoms with Crippen LogP contribution < -0.4 is 9.47 Å². The van der Waals surface area contributed by atoms with E-state index in [1.807, 2.05) is 30.0 Å². The van der Waals surface area contributed by atoms with E-state index < -0.39 is 6.10 Å². The van der Waals surface area contributed by atoms with E-state index in [0.29, 0.717) is 42.0 Å². The molecule has 2 aromatic heterocycles. The van der Waals surface area contributed by atoms with Gasteiger partial charge in [-0.3, -0.25) is 9.78 Å². The van der Waals surface area contributed by atoms with E-state index in [9.17, 15) is 4.79 Å². The Labute approximate surface area is 180 Å². The van der Waals surface area contributed by atoms with Crippen molar-refractivity contribution in [1.82, 2.24) is 25.0 Å². The second-order valence-corrected chi connectivity index (χ2v) is 7.54. The second-order valence-electron chi connectivity index (χ2n) is 7.54. The fourth-order valence-electron chi connectivity index (χ4n) is 3.55. The lowest BCUT2D eigenvalue weighted by Gasteiger charge is -2.32. The van der Waals surface area contributed by atoms with Gasteiger partial charge in [0, 0.05) is 31.3 Å². The first-order chi connectivity index (χ1) is 15.0. The molecule has 0 radical (unpaired) electrons. The highest BCUT2D eigenvalue weighted by Gasteiger charge is 2.30. The number of aryl methyl sites for hydroxylation is 1. The molecule has 0 spiro atoms. The first-order valence-electron chi connectivity index (χ1n) is 10.3. The maximum absolute atomic E-state index is 12.8. The summed E-state index contributed by atoms with van der Waals surface area (Å²) in [5.74, 6) is 2.40. The molecule has 0 bridgehead atoms.